The number of alkyl halides is 3. The molecule has 4 nitrogen and oxygen atoms in total. The Bertz CT molecular complexity index is 626. The number of nitrogens with zero attached hydrogens (tertiary/aromatic N) is 2. The van der Waals surface area contributed by atoms with E-state index in [1.807, 2.05) is 30.3 Å². The van der Waals surface area contributed by atoms with E-state index in [9.17, 15) is 22.8 Å². The molecule has 1 saturated heterocycles. The Labute approximate surface area is 138 Å². The Morgan fingerprint density at radius 3 is 2.25 bits per heavy atom. The smallest absolute Gasteiger partial charge is 0.273 e. The van der Waals surface area contributed by atoms with E-state index >= 15 is 0 Å². The number of carbonyl (C=O) groups is 2. The molecule has 1 aliphatic carbocycles. The SMILES string of the molecule is O=C(CCC(F)(F)F)N1CCCN1C(=O)C1(c2ccccc2)CC1. The predicted octanol–water partition coefficient (Wildman–Crippen LogP) is 3.04. The second-order valence-electron chi connectivity index (χ2n) is 6.36. The van der Waals surface area contributed by atoms with Crippen LogP contribution in [0.4, 0.5) is 13.2 Å². The summed E-state index contributed by atoms with van der Waals surface area (Å²) in [5.74, 6) is -0.811. The molecule has 1 aromatic carbocycles. The summed E-state index contributed by atoms with van der Waals surface area (Å²) in [5.41, 5.74) is 0.290. The number of rotatable bonds is 4. The molecular weight excluding hydrogens is 321 g/mol. The third-order valence-electron chi connectivity index (χ3n) is 4.66. The maximum Gasteiger partial charge on any atom is 0.389 e. The number of amides is 2. The largest absolute Gasteiger partial charge is 0.389 e. The van der Waals surface area contributed by atoms with Crippen LogP contribution < -0.4 is 0 Å². The van der Waals surface area contributed by atoms with Crippen molar-refractivity contribution in [1.82, 2.24) is 10.0 Å². The van der Waals surface area contributed by atoms with Gasteiger partial charge in [0.25, 0.3) is 5.91 Å². The van der Waals surface area contributed by atoms with Gasteiger partial charge in [0.2, 0.25) is 5.91 Å². The van der Waals surface area contributed by atoms with Crippen molar-refractivity contribution >= 4 is 11.8 Å². The zero-order valence-electron chi connectivity index (χ0n) is 13.2. The molecule has 1 aliphatic heterocycles. The average molecular weight is 340 g/mol. The fraction of sp³-hybridized carbons (Fsp3) is 0.529. The molecule has 0 N–H and O–H groups in total. The van der Waals surface area contributed by atoms with Crippen molar-refractivity contribution < 1.29 is 22.8 Å². The van der Waals surface area contributed by atoms with Crippen LogP contribution in [0.2, 0.25) is 0 Å². The standard InChI is InChI=1S/C17H19F3N2O2/c18-17(19,20)8-7-14(23)21-11-4-12-22(21)15(24)16(9-10-16)13-5-2-1-3-6-13/h1-3,5-6H,4,7-12H2. The number of hydrogen-bond donors (Lipinski definition) is 0. The zero-order chi connectivity index (χ0) is 17.4. The maximum absolute atomic E-state index is 13.0. The number of halogens is 3. The Balaban J connectivity index is 1.72. The first-order valence-electron chi connectivity index (χ1n) is 8.08. The molecule has 0 bridgehead atoms. The number of hydrogen-bond acceptors (Lipinski definition) is 2. The minimum absolute atomic E-state index is 0.174. The highest BCUT2D eigenvalue weighted by Crippen LogP contribution is 2.50. The van der Waals surface area contributed by atoms with Crippen LogP contribution in [-0.4, -0.2) is 41.1 Å². The summed E-state index contributed by atoms with van der Waals surface area (Å²) in [6.45, 7) is 0.679. The third-order valence-corrected chi connectivity index (χ3v) is 4.66. The number of carbonyl (C=O) groups excluding carboxylic acids is 2. The van der Waals surface area contributed by atoms with Gasteiger partial charge in [-0.25, -0.2) is 0 Å². The third kappa shape index (κ3) is 3.25. The summed E-state index contributed by atoms with van der Waals surface area (Å²) >= 11 is 0. The summed E-state index contributed by atoms with van der Waals surface area (Å²) in [6.07, 6.45) is -4.14. The molecule has 2 fully saturated rings. The van der Waals surface area contributed by atoms with E-state index in [2.05, 4.69) is 0 Å². The molecule has 2 amide bonds. The van der Waals surface area contributed by atoms with E-state index < -0.39 is 30.3 Å². The first kappa shape index (κ1) is 16.8. The van der Waals surface area contributed by atoms with Crippen molar-refractivity contribution in [2.24, 2.45) is 0 Å². The zero-order valence-corrected chi connectivity index (χ0v) is 13.2. The predicted molar refractivity (Wildman–Crippen MR) is 80.7 cm³/mol. The van der Waals surface area contributed by atoms with E-state index in [4.69, 9.17) is 0 Å². The van der Waals surface area contributed by atoms with Crippen molar-refractivity contribution in [2.75, 3.05) is 13.1 Å². The van der Waals surface area contributed by atoms with Gasteiger partial charge in [-0.05, 0) is 24.8 Å². The van der Waals surface area contributed by atoms with Crippen LogP contribution in [-0.2, 0) is 15.0 Å². The lowest BCUT2D eigenvalue weighted by molar-refractivity contribution is -0.165. The molecule has 3 rings (SSSR count). The Kier molecular flexibility index (Phi) is 4.27. The van der Waals surface area contributed by atoms with Crippen molar-refractivity contribution in [1.29, 1.82) is 0 Å². The summed E-state index contributed by atoms with van der Waals surface area (Å²) in [6, 6.07) is 9.36. The van der Waals surface area contributed by atoms with Crippen LogP contribution in [0.1, 0.15) is 37.7 Å². The summed E-state index contributed by atoms with van der Waals surface area (Å²) in [4.78, 5) is 25.1. The van der Waals surface area contributed by atoms with E-state index in [0.717, 1.165) is 5.56 Å². The topological polar surface area (TPSA) is 40.6 Å². The monoisotopic (exact) mass is 340 g/mol. The maximum atomic E-state index is 13.0. The van der Waals surface area contributed by atoms with Gasteiger partial charge in [-0.15, -0.1) is 0 Å². The van der Waals surface area contributed by atoms with Crippen LogP contribution in [0.5, 0.6) is 0 Å². The lowest BCUT2D eigenvalue weighted by Gasteiger charge is -2.31. The van der Waals surface area contributed by atoms with Crippen LogP contribution in [0, 0.1) is 0 Å². The minimum atomic E-state index is -4.37. The van der Waals surface area contributed by atoms with Crippen molar-refractivity contribution in [3.63, 3.8) is 0 Å². The Morgan fingerprint density at radius 1 is 1.04 bits per heavy atom. The van der Waals surface area contributed by atoms with Gasteiger partial charge in [0.1, 0.15) is 0 Å². The molecule has 1 heterocycles. The van der Waals surface area contributed by atoms with Gasteiger partial charge in [0.05, 0.1) is 11.8 Å². The number of benzene rings is 1. The van der Waals surface area contributed by atoms with Crippen molar-refractivity contribution in [3.05, 3.63) is 35.9 Å². The van der Waals surface area contributed by atoms with Crippen LogP contribution in [0.15, 0.2) is 30.3 Å². The highest BCUT2D eigenvalue weighted by atomic mass is 19.4. The fourth-order valence-corrected chi connectivity index (χ4v) is 3.22. The molecule has 7 heteroatoms. The van der Waals surface area contributed by atoms with Gasteiger partial charge in [-0.1, -0.05) is 30.3 Å². The first-order valence-corrected chi connectivity index (χ1v) is 8.08. The van der Waals surface area contributed by atoms with Crippen LogP contribution >= 0.6 is 0 Å². The molecule has 0 atom stereocenters. The van der Waals surface area contributed by atoms with E-state index in [1.54, 1.807) is 0 Å². The molecule has 24 heavy (non-hydrogen) atoms. The molecule has 0 aromatic heterocycles. The molecule has 0 spiro atoms. The highest BCUT2D eigenvalue weighted by Gasteiger charge is 2.54. The normalized spacial score (nSPS) is 19.5. The Morgan fingerprint density at radius 2 is 1.67 bits per heavy atom. The summed E-state index contributed by atoms with van der Waals surface area (Å²) < 4.78 is 37.0. The second kappa shape index (κ2) is 6.11. The molecule has 1 saturated carbocycles. The molecule has 0 radical (unpaired) electrons. The van der Waals surface area contributed by atoms with E-state index in [1.165, 1.54) is 10.0 Å². The van der Waals surface area contributed by atoms with Gasteiger partial charge in [0, 0.05) is 19.5 Å². The quantitative estimate of drug-likeness (QED) is 0.845. The lowest BCUT2D eigenvalue weighted by atomic mass is 9.95. The van der Waals surface area contributed by atoms with Crippen molar-refractivity contribution in [2.45, 2.75) is 43.7 Å². The average Bonchev–Trinajstić information content (AvgIpc) is 3.22. The molecule has 130 valence electrons. The van der Waals surface area contributed by atoms with Gasteiger partial charge in [-0.2, -0.15) is 13.2 Å². The van der Waals surface area contributed by atoms with Gasteiger partial charge in [-0.3, -0.25) is 19.6 Å². The molecular formula is C17H19F3N2O2. The fourth-order valence-electron chi connectivity index (χ4n) is 3.22. The molecule has 2 aliphatic rings. The van der Waals surface area contributed by atoms with Gasteiger partial charge < -0.3 is 0 Å². The van der Waals surface area contributed by atoms with Gasteiger partial charge >= 0.3 is 6.18 Å². The van der Waals surface area contributed by atoms with Crippen LogP contribution in [0.25, 0.3) is 0 Å². The van der Waals surface area contributed by atoms with Gasteiger partial charge in [0.15, 0.2) is 0 Å². The van der Waals surface area contributed by atoms with E-state index in [-0.39, 0.29) is 5.91 Å². The first-order chi connectivity index (χ1) is 11.3. The lowest BCUT2D eigenvalue weighted by Crippen LogP contribution is -2.49. The van der Waals surface area contributed by atoms with Crippen LogP contribution in [0.3, 0.4) is 0 Å². The van der Waals surface area contributed by atoms with Crippen molar-refractivity contribution in [3.8, 4) is 0 Å². The molecule has 1 aromatic rings. The summed E-state index contributed by atoms with van der Waals surface area (Å²) in [5, 5.41) is 2.57. The van der Waals surface area contributed by atoms with E-state index in [0.29, 0.717) is 32.4 Å². The Hall–Kier alpha value is -2.05. The number of hydrazine groups is 1. The second-order valence-corrected chi connectivity index (χ2v) is 6.36. The highest BCUT2D eigenvalue weighted by molar-refractivity contribution is 5.93. The molecule has 0 unspecified atom stereocenters. The minimum Gasteiger partial charge on any atom is -0.273 e. The summed E-state index contributed by atoms with van der Waals surface area (Å²) in [7, 11) is 0.